The van der Waals surface area contributed by atoms with E-state index in [9.17, 15) is 25.0 Å². The van der Waals surface area contributed by atoms with Gasteiger partial charge in [-0.1, -0.05) is 32.9 Å². The molecule has 1 N–H and O–H groups in total. The summed E-state index contributed by atoms with van der Waals surface area (Å²) in [4.78, 5) is 36.0. The summed E-state index contributed by atoms with van der Waals surface area (Å²) in [5, 5.41) is 25.5. The highest BCUT2D eigenvalue weighted by Crippen LogP contribution is 2.38. The molecule has 2 aromatic carbocycles. The van der Waals surface area contributed by atoms with Gasteiger partial charge in [0.25, 0.3) is 17.3 Å². The van der Waals surface area contributed by atoms with E-state index in [4.69, 9.17) is 0 Å². The molecular formula is C21H26N4O5. The highest BCUT2D eigenvalue weighted by molar-refractivity contribution is 6.06. The van der Waals surface area contributed by atoms with Crippen LogP contribution in [0.3, 0.4) is 0 Å². The van der Waals surface area contributed by atoms with Gasteiger partial charge in [0, 0.05) is 18.7 Å². The quantitative estimate of drug-likeness (QED) is 0.508. The first-order chi connectivity index (χ1) is 14.0. The zero-order valence-corrected chi connectivity index (χ0v) is 17.8. The van der Waals surface area contributed by atoms with Crippen LogP contribution in [0.15, 0.2) is 36.4 Å². The number of anilines is 2. The normalized spacial score (nSPS) is 11.1. The van der Waals surface area contributed by atoms with Crippen LogP contribution in [0, 0.1) is 20.2 Å². The number of carbonyl (C=O) groups excluding carboxylic acids is 1. The zero-order valence-electron chi connectivity index (χ0n) is 17.8. The minimum Gasteiger partial charge on any atom is -0.366 e. The monoisotopic (exact) mass is 414 g/mol. The van der Waals surface area contributed by atoms with Crippen molar-refractivity contribution in [3.05, 3.63) is 67.8 Å². The van der Waals surface area contributed by atoms with Crippen LogP contribution in [0.4, 0.5) is 22.7 Å². The van der Waals surface area contributed by atoms with Crippen molar-refractivity contribution in [1.29, 1.82) is 0 Å². The van der Waals surface area contributed by atoms with Crippen molar-refractivity contribution in [2.24, 2.45) is 0 Å². The number of amides is 1. The summed E-state index contributed by atoms with van der Waals surface area (Å²) < 4.78 is 0. The third kappa shape index (κ3) is 4.91. The van der Waals surface area contributed by atoms with E-state index in [2.05, 4.69) is 26.1 Å². The molecule has 0 aromatic heterocycles. The molecule has 2 rings (SSSR count). The Morgan fingerprint density at radius 3 is 1.93 bits per heavy atom. The first-order valence-corrected chi connectivity index (χ1v) is 9.63. The first-order valence-electron chi connectivity index (χ1n) is 9.63. The molecule has 9 heteroatoms. The van der Waals surface area contributed by atoms with Crippen LogP contribution >= 0.6 is 0 Å². The molecule has 9 nitrogen and oxygen atoms in total. The molecule has 30 heavy (non-hydrogen) atoms. The fourth-order valence-corrected chi connectivity index (χ4v) is 3.10. The highest BCUT2D eigenvalue weighted by Gasteiger charge is 2.28. The number of benzene rings is 2. The van der Waals surface area contributed by atoms with Crippen LogP contribution in [0.25, 0.3) is 0 Å². The lowest BCUT2D eigenvalue weighted by molar-refractivity contribution is -0.393. The lowest BCUT2D eigenvalue weighted by Gasteiger charge is -2.21. The van der Waals surface area contributed by atoms with Gasteiger partial charge >= 0.3 is 0 Å². The van der Waals surface area contributed by atoms with Gasteiger partial charge in [-0.2, -0.15) is 0 Å². The number of carbonyl (C=O) groups is 1. The molecule has 0 fully saturated rings. The van der Waals surface area contributed by atoms with E-state index >= 15 is 0 Å². The van der Waals surface area contributed by atoms with Crippen molar-refractivity contribution < 1.29 is 14.6 Å². The number of nitrogens with one attached hydrogen (secondary N) is 1. The largest absolute Gasteiger partial charge is 0.366 e. The maximum atomic E-state index is 12.7. The third-order valence-electron chi connectivity index (χ3n) is 4.85. The molecule has 0 aliphatic rings. The summed E-state index contributed by atoms with van der Waals surface area (Å²) in [6.45, 7) is 10.7. The second-order valence-electron chi connectivity index (χ2n) is 7.83. The molecule has 0 saturated heterocycles. The van der Waals surface area contributed by atoms with Crippen molar-refractivity contribution >= 4 is 28.7 Å². The predicted molar refractivity (Wildman–Crippen MR) is 116 cm³/mol. The topological polar surface area (TPSA) is 119 Å². The fourth-order valence-electron chi connectivity index (χ4n) is 3.10. The molecular weight excluding hydrogens is 388 g/mol. The summed E-state index contributed by atoms with van der Waals surface area (Å²) in [6, 6.07) is 9.16. The van der Waals surface area contributed by atoms with Crippen LogP contribution in [-0.2, 0) is 5.41 Å². The fraction of sp³-hybridized carbons (Fsp3) is 0.381. The van der Waals surface area contributed by atoms with E-state index in [-0.39, 0.29) is 22.5 Å². The number of hydrogen-bond acceptors (Lipinski definition) is 6. The van der Waals surface area contributed by atoms with Crippen molar-refractivity contribution in [3.8, 4) is 0 Å². The highest BCUT2D eigenvalue weighted by atomic mass is 16.6. The van der Waals surface area contributed by atoms with Crippen LogP contribution < -0.4 is 10.2 Å². The number of hydrogen-bond donors (Lipinski definition) is 1. The lowest BCUT2D eigenvalue weighted by Crippen LogP contribution is -2.23. The van der Waals surface area contributed by atoms with Gasteiger partial charge in [-0.3, -0.25) is 25.0 Å². The van der Waals surface area contributed by atoms with Gasteiger partial charge in [0.15, 0.2) is 0 Å². The van der Waals surface area contributed by atoms with Gasteiger partial charge in [0.1, 0.15) is 11.4 Å². The molecule has 160 valence electrons. The Labute approximate surface area is 175 Å². The zero-order chi connectivity index (χ0) is 22.6. The van der Waals surface area contributed by atoms with E-state index < -0.39 is 21.4 Å². The Morgan fingerprint density at radius 1 is 0.967 bits per heavy atom. The van der Waals surface area contributed by atoms with Crippen LogP contribution in [0.5, 0.6) is 0 Å². The van der Waals surface area contributed by atoms with E-state index in [1.807, 2.05) is 26.0 Å². The van der Waals surface area contributed by atoms with Crippen molar-refractivity contribution in [3.63, 3.8) is 0 Å². The Hall–Kier alpha value is -3.49. The molecule has 0 aliphatic heterocycles. The van der Waals surface area contributed by atoms with Gasteiger partial charge in [-0.25, -0.2) is 0 Å². The summed E-state index contributed by atoms with van der Waals surface area (Å²) in [7, 11) is 0. The Kier molecular flexibility index (Phi) is 6.76. The average molecular weight is 414 g/mol. The second-order valence-corrected chi connectivity index (χ2v) is 7.83. The Balaban J connectivity index is 2.49. The third-order valence-corrected chi connectivity index (χ3v) is 4.85. The second kappa shape index (κ2) is 8.89. The lowest BCUT2D eigenvalue weighted by atomic mass is 9.87. The maximum absolute atomic E-state index is 12.7. The van der Waals surface area contributed by atoms with E-state index in [0.717, 1.165) is 11.6 Å². The Morgan fingerprint density at radius 2 is 1.50 bits per heavy atom. The van der Waals surface area contributed by atoms with E-state index in [1.165, 1.54) is 6.07 Å². The summed E-state index contributed by atoms with van der Waals surface area (Å²) in [5.74, 6) is -0.530. The standard InChI is InChI=1S/C21H26N4O5/c1-6-23(7-2)18-12-16(17(24(27)28)13-19(18)25(29)30)22-20(26)14-8-10-15(11-9-14)21(3,4)5/h8-13H,6-7H2,1-5H3,(H,22,26). The van der Waals surface area contributed by atoms with Gasteiger partial charge in [-0.15, -0.1) is 0 Å². The van der Waals surface area contributed by atoms with Gasteiger partial charge in [-0.05, 0) is 43.0 Å². The first kappa shape index (κ1) is 22.8. The molecule has 0 spiro atoms. The molecule has 0 bridgehead atoms. The van der Waals surface area contributed by atoms with Crippen molar-refractivity contribution in [1.82, 2.24) is 0 Å². The van der Waals surface area contributed by atoms with Crippen LogP contribution in [0.2, 0.25) is 0 Å². The Bertz CT molecular complexity index is 961. The smallest absolute Gasteiger partial charge is 0.299 e. The van der Waals surface area contributed by atoms with Crippen LogP contribution in [0.1, 0.15) is 50.5 Å². The number of nitrogens with zero attached hydrogens (tertiary/aromatic N) is 3. The van der Waals surface area contributed by atoms with Gasteiger partial charge < -0.3 is 10.2 Å². The molecule has 0 unspecified atom stereocenters. The van der Waals surface area contributed by atoms with E-state index in [0.29, 0.717) is 18.7 Å². The maximum Gasteiger partial charge on any atom is 0.299 e. The summed E-state index contributed by atoms with van der Waals surface area (Å²) in [5.41, 5.74) is 0.524. The molecule has 0 heterocycles. The SMILES string of the molecule is CCN(CC)c1cc(NC(=O)c2ccc(C(C)(C)C)cc2)c([N+](=O)[O-])cc1[N+](=O)[O-]. The predicted octanol–water partition coefficient (Wildman–Crippen LogP) is 4.90. The molecule has 0 atom stereocenters. The van der Waals surface area contributed by atoms with E-state index in [1.54, 1.807) is 17.0 Å². The summed E-state index contributed by atoms with van der Waals surface area (Å²) in [6.07, 6.45) is 0. The van der Waals surface area contributed by atoms with Gasteiger partial charge in [0.2, 0.25) is 0 Å². The average Bonchev–Trinajstić information content (AvgIpc) is 2.68. The summed E-state index contributed by atoms with van der Waals surface area (Å²) >= 11 is 0. The number of rotatable bonds is 7. The number of nitro benzene ring substituents is 2. The molecule has 2 aromatic rings. The minimum absolute atomic E-state index is 0.0785. The molecule has 0 aliphatic carbocycles. The molecule has 1 amide bonds. The van der Waals surface area contributed by atoms with Crippen LogP contribution in [-0.4, -0.2) is 28.8 Å². The number of nitro groups is 2. The van der Waals surface area contributed by atoms with Crippen molar-refractivity contribution in [2.75, 3.05) is 23.3 Å². The van der Waals surface area contributed by atoms with Gasteiger partial charge in [0.05, 0.1) is 15.9 Å². The molecule has 0 saturated carbocycles. The minimum atomic E-state index is -0.739. The molecule has 0 radical (unpaired) electrons. The van der Waals surface area contributed by atoms with Crippen molar-refractivity contribution in [2.45, 2.75) is 40.0 Å².